The van der Waals surface area contributed by atoms with Crippen molar-refractivity contribution < 1.29 is 17.3 Å². The van der Waals surface area contributed by atoms with Crippen molar-refractivity contribution in [3.63, 3.8) is 0 Å². The maximum atomic E-state index is 12.6. The molecule has 2 heterocycles. The summed E-state index contributed by atoms with van der Waals surface area (Å²) in [5.41, 5.74) is 11.1. The van der Waals surface area contributed by atoms with Gasteiger partial charge in [0.1, 0.15) is 30.1 Å². The largest absolute Gasteiger partial charge is 0.489 e. The molecule has 0 spiro atoms. The molecule has 8 nitrogen and oxygen atoms in total. The van der Waals surface area contributed by atoms with Crippen LogP contribution in [0.5, 0.6) is 5.75 Å². The SMILES string of the molecule is Cc1ccc(S(=O)(=O)OC[C@H]2C[C@@H](n3cc(-c4cccc(OCc5ccccc5)c4)c4c(N)ncnc43)C2)cc1. The summed E-state index contributed by atoms with van der Waals surface area (Å²) < 4.78 is 38.8. The minimum absolute atomic E-state index is 0.125. The van der Waals surface area contributed by atoms with Crippen molar-refractivity contribution >= 4 is 27.0 Å². The van der Waals surface area contributed by atoms with Crippen molar-refractivity contribution in [1.82, 2.24) is 14.5 Å². The Morgan fingerprint density at radius 2 is 1.75 bits per heavy atom. The average Bonchev–Trinajstić information content (AvgIpc) is 3.33. The number of benzene rings is 3. The molecule has 1 saturated carbocycles. The van der Waals surface area contributed by atoms with Crippen LogP contribution in [0.2, 0.25) is 0 Å². The minimum Gasteiger partial charge on any atom is -0.489 e. The summed E-state index contributed by atoms with van der Waals surface area (Å²) in [6, 6.07) is 24.8. The van der Waals surface area contributed by atoms with Crippen molar-refractivity contribution in [2.24, 2.45) is 5.92 Å². The van der Waals surface area contributed by atoms with Gasteiger partial charge in [-0.3, -0.25) is 4.18 Å². The minimum atomic E-state index is -3.79. The van der Waals surface area contributed by atoms with Crippen molar-refractivity contribution in [2.45, 2.75) is 37.3 Å². The van der Waals surface area contributed by atoms with E-state index in [0.717, 1.165) is 51.9 Å². The highest BCUT2D eigenvalue weighted by molar-refractivity contribution is 7.86. The van der Waals surface area contributed by atoms with E-state index in [0.29, 0.717) is 12.4 Å². The predicted molar refractivity (Wildman–Crippen MR) is 154 cm³/mol. The average molecular weight is 555 g/mol. The highest BCUT2D eigenvalue weighted by Gasteiger charge is 2.34. The van der Waals surface area contributed by atoms with Crippen LogP contribution in [0.15, 0.2) is 96.3 Å². The van der Waals surface area contributed by atoms with Gasteiger partial charge in [0.05, 0.1) is 16.9 Å². The molecule has 2 N–H and O–H groups in total. The van der Waals surface area contributed by atoms with Gasteiger partial charge in [-0.15, -0.1) is 0 Å². The Kier molecular flexibility index (Phi) is 7.00. The number of nitrogen functional groups attached to an aromatic ring is 1. The lowest BCUT2D eigenvalue weighted by atomic mass is 9.81. The summed E-state index contributed by atoms with van der Waals surface area (Å²) in [6.45, 7) is 2.54. The molecule has 6 rings (SSSR count). The van der Waals surface area contributed by atoms with Gasteiger partial charge in [-0.25, -0.2) is 9.97 Å². The molecule has 0 atom stereocenters. The number of nitrogens with two attached hydrogens (primary N) is 1. The van der Waals surface area contributed by atoms with E-state index < -0.39 is 10.1 Å². The fourth-order valence-corrected chi connectivity index (χ4v) is 6.10. The summed E-state index contributed by atoms with van der Waals surface area (Å²) in [6.07, 6.45) is 5.09. The van der Waals surface area contributed by atoms with Gasteiger partial charge in [-0.05, 0) is 61.1 Å². The van der Waals surface area contributed by atoms with Crippen LogP contribution in [0.25, 0.3) is 22.2 Å². The van der Waals surface area contributed by atoms with E-state index in [4.69, 9.17) is 14.7 Å². The van der Waals surface area contributed by atoms with E-state index in [2.05, 4.69) is 20.7 Å². The molecule has 1 aliphatic rings. The Hall–Kier alpha value is -4.21. The number of hydrogen-bond acceptors (Lipinski definition) is 7. The first-order chi connectivity index (χ1) is 19.4. The summed E-state index contributed by atoms with van der Waals surface area (Å²) in [5, 5.41) is 0.796. The summed E-state index contributed by atoms with van der Waals surface area (Å²) in [4.78, 5) is 8.99. The van der Waals surface area contributed by atoms with Gasteiger partial charge in [0.2, 0.25) is 0 Å². The molecule has 5 aromatic rings. The lowest BCUT2D eigenvalue weighted by Gasteiger charge is -2.36. The third-order valence-electron chi connectivity index (χ3n) is 7.40. The fourth-order valence-electron chi connectivity index (χ4n) is 5.12. The maximum Gasteiger partial charge on any atom is 0.296 e. The second kappa shape index (κ2) is 10.7. The van der Waals surface area contributed by atoms with E-state index in [1.807, 2.05) is 61.5 Å². The first-order valence-corrected chi connectivity index (χ1v) is 14.6. The zero-order valence-corrected chi connectivity index (χ0v) is 22.9. The Labute approximate surface area is 233 Å². The number of nitrogens with zero attached hydrogens (tertiary/aromatic N) is 3. The van der Waals surface area contributed by atoms with E-state index in [-0.39, 0.29) is 23.5 Å². The Balaban J connectivity index is 1.18. The van der Waals surface area contributed by atoms with Crippen molar-refractivity contribution in [3.05, 3.63) is 103 Å². The Morgan fingerprint density at radius 3 is 2.52 bits per heavy atom. The molecule has 0 saturated heterocycles. The number of anilines is 1. The van der Waals surface area contributed by atoms with Crippen LogP contribution in [-0.2, 0) is 20.9 Å². The van der Waals surface area contributed by atoms with Crippen LogP contribution < -0.4 is 10.5 Å². The highest BCUT2D eigenvalue weighted by Crippen LogP contribution is 2.43. The molecule has 1 aliphatic carbocycles. The van der Waals surface area contributed by atoms with Crippen LogP contribution >= 0.6 is 0 Å². The zero-order chi connectivity index (χ0) is 27.7. The van der Waals surface area contributed by atoms with Crippen LogP contribution in [0.4, 0.5) is 5.82 Å². The number of ether oxygens (including phenoxy) is 1. The maximum absolute atomic E-state index is 12.6. The molecule has 0 aliphatic heterocycles. The third-order valence-corrected chi connectivity index (χ3v) is 8.70. The molecule has 1 fully saturated rings. The van der Waals surface area contributed by atoms with Gasteiger partial charge < -0.3 is 15.0 Å². The Morgan fingerprint density at radius 1 is 0.975 bits per heavy atom. The van der Waals surface area contributed by atoms with Crippen LogP contribution in [0.1, 0.15) is 30.0 Å². The van der Waals surface area contributed by atoms with Crippen LogP contribution in [0, 0.1) is 12.8 Å². The first-order valence-electron chi connectivity index (χ1n) is 13.2. The van der Waals surface area contributed by atoms with Crippen molar-refractivity contribution in [1.29, 1.82) is 0 Å². The predicted octanol–water partition coefficient (Wildman–Crippen LogP) is 5.92. The van der Waals surface area contributed by atoms with E-state index in [1.54, 1.807) is 24.3 Å². The molecule has 0 radical (unpaired) electrons. The van der Waals surface area contributed by atoms with Gasteiger partial charge in [0.15, 0.2) is 0 Å². The molecule has 9 heteroatoms. The molecule has 0 bridgehead atoms. The van der Waals surface area contributed by atoms with Crippen LogP contribution in [0.3, 0.4) is 0 Å². The molecule has 204 valence electrons. The van der Waals surface area contributed by atoms with Gasteiger partial charge in [0.25, 0.3) is 10.1 Å². The molecule has 0 unspecified atom stereocenters. The summed E-state index contributed by atoms with van der Waals surface area (Å²) >= 11 is 0. The summed E-state index contributed by atoms with van der Waals surface area (Å²) in [7, 11) is -3.79. The topological polar surface area (TPSA) is 109 Å². The fraction of sp³-hybridized carbons (Fsp3) is 0.226. The number of aryl methyl sites for hydroxylation is 1. The lowest BCUT2D eigenvalue weighted by Crippen LogP contribution is -2.30. The standard InChI is InChI=1S/C31H30N4O4S/c1-21-10-12-27(13-11-21)40(36,37)39-19-23-14-25(15-23)35-17-28(29-30(32)33-20-34-31(29)35)24-8-5-9-26(16-24)38-18-22-6-3-2-4-7-22/h2-13,16-17,20,23,25H,14-15,18-19H2,1H3,(H2,32,33,34)/t23-,25+. The molecular formula is C31H30N4O4S. The second-order valence-electron chi connectivity index (χ2n) is 10.3. The Bertz CT molecular complexity index is 1750. The molecular weight excluding hydrogens is 524 g/mol. The smallest absolute Gasteiger partial charge is 0.296 e. The van der Waals surface area contributed by atoms with E-state index >= 15 is 0 Å². The normalized spacial score (nSPS) is 17.0. The lowest BCUT2D eigenvalue weighted by molar-refractivity contribution is 0.130. The number of hydrogen-bond donors (Lipinski definition) is 1. The number of aromatic nitrogens is 3. The van der Waals surface area contributed by atoms with E-state index in [9.17, 15) is 8.42 Å². The first kappa shape index (κ1) is 26.0. The van der Waals surface area contributed by atoms with Gasteiger partial charge in [-0.1, -0.05) is 60.2 Å². The molecule has 0 amide bonds. The van der Waals surface area contributed by atoms with Crippen LogP contribution in [-0.4, -0.2) is 29.6 Å². The molecule has 3 aromatic carbocycles. The van der Waals surface area contributed by atoms with Crippen molar-refractivity contribution in [2.75, 3.05) is 12.3 Å². The van der Waals surface area contributed by atoms with Gasteiger partial charge in [0, 0.05) is 17.8 Å². The monoisotopic (exact) mass is 554 g/mol. The number of rotatable bonds is 9. The van der Waals surface area contributed by atoms with Gasteiger partial charge >= 0.3 is 0 Å². The third kappa shape index (κ3) is 5.30. The molecule has 40 heavy (non-hydrogen) atoms. The van der Waals surface area contributed by atoms with Crippen molar-refractivity contribution in [3.8, 4) is 16.9 Å². The second-order valence-corrected chi connectivity index (χ2v) is 11.9. The van der Waals surface area contributed by atoms with Gasteiger partial charge in [-0.2, -0.15) is 8.42 Å². The zero-order valence-electron chi connectivity index (χ0n) is 22.1. The highest BCUT2D eigenvalue weighted by atomic mass is 32.2. The van der Waals surface area contributed by atoms with E-state index in [1.165, 1.54) is 6.33 Å². The molecule has 2 aromatic heterocycles. The quantitative estimate of drug-likeness (QED) is 0.225. The summed E-state index contributed by atoms with van der Waals surface area (Å²) in [5.74, 6) is 1.30. The number of fused-ring (bicyclic) bond motifs is 1.